The summed E-state index contributed by atoms with van der Waals surface area (Å²) < 4.78 is 0. The molecular weight excluding hydrogens is 266 g/mol. The molecule has 2 rings (SSSR count). The van der Waals surface area contributed by atoms with Crippen molar-refractivity contribution in [2.45, 2.75) is 38.8 Å². The van der Waals surface area contributed by atoms with Crippen molar-refractivity contribution in [3.05, 3.63) is 35.4 Å². The number of carbonyl (C=O) groups is 2. The van der Waals surface area contributed by atoms with Gasteiger partial charge in [-0.25, -0.2) is 0 Å². The van der Waals surface area contributed by atoms with Crippen molar-refractivity contribution in [2.24, 2.45) is 5.73 Å². The molecule has 1 aromatic rings. The first-order valence-corrected chi connectivity index (χ1v) is 7.42. The zero-order valence-corrected chi connectivity index (χ0v) is 12.6. The number of nitrogens with one attached hydrogen (secondary N) is 1. The minimum Gasteiger partial charge on any atom is -0.366 e. The fraction of sp³-hybridized carbons (Fsp3) is 0.500. The third-order valence-electron chi connectivity index (χ3n) is 3.77. The zero-order chi connectivity index (χ0) is 15.4. The van der Waals surface area contributed by atoms with Crippen LogP contribution in [0.25, 0.3) is 0 Å². The topological polar surface area (TPSA) is 75.4 Å². The molecule has 3 N–H and O–H groups in total. The maximum Gasteiger partial charge on any atom is 0.253 e. The number of nitrogens with zero attached hydrogens (tertiary/aromatic N) is 1. The highest BCUT2D eigenvalue weighted by Crippen LogP contribution is 2.15. The van der Waals surface area contributed by atoms with E-state index in [0.29, 0.717) is 23.2 Å². The summed E-state index contributed by atoms with van der Waals surface area (Å²) in [5.41, 5.74) is 6.23. The molecule has 0 aliphatic carbocycles. The number of rotatable bonds is 4. The second-order valence-electron chi connectivity index (χ2n) is 5.83. The number of nitrogens with two attached hydrogens (primary N) is 1. The van der Waals surface area contributed by atoms with Crippen LogP contribution in [-0.2, 0) is 0 Å². The molecule has 2 amide bonds. The Morgan fingerprint density at radius 1 is 1.14 bits per heavy atom. The predicted octanol–water partition coefficient (Wildman–Crippen LogP) is 1.39. The highest BCUT2D eigenvalue weighted by atomic mass is 16.2. The number of carbonyl (C=O) groups excluding carboxylic acids is 2. The summed E-state index contributed by atoms with van der Waals surface area (Å²) in [6.07, 6.45) is 1.95. The van der Waals surface area contributed by atoms with Crippen molar-refractivity contribution < 1.29 is 9.59 Å². The summed E-state index contributed by atoms with van der Waals surface area (Å²) in [7, 11) is 0. The van der Waals surface area contributed by atoms with E-state index >= 15 is 0 Å². The summed E-state index contributed by atoms with van der Waals surface area (Å²) >= 11 is 0. The Balaban J connectivity index is 1.94. The molecule has 0 unspecified atom stereocenters. The van der Waals surface area contributed by atoms with Gasteiger partial charge in [-0.2, -0.15) is 0 Å². The first kappa shape index (κ1) is 15.5. The summed E-state index contributed by atoms with van der Waals surface area (Å²) in [6, 6.07) is 7.50. The average Bonchev–Trinajstić information content (AvgIpc) is 2.47. The Hall–Kier alpha value is -1.88. The van der Waals surface area contributed by atoms with E-state index < -0.39 is 5.91 Å². The summed E-state index contributed by atoms with van der Waals surface area (Å²) in [4.78, 5) is 25.3. The molecule has 1 aliphatic rings. The molecule has 21 heavy (non-hydrogen) atoms. The first-order valence-electron chi connectivity index (χ1n) is 7.42. The smallest absolute Gasteiger partial charge is 0.253 e. The van der Waals surface area contributed by atoms with Crippen LogP contribution >= 0.6 is 0 Å². The van der Waals surface area contributed by atoms with Crippen LogP contribution in [-0.4, -0.2) is 41.9 Å². The van der Waals surface area contributed by atoms with Crippen LogP contribution in [0, 0.1) is 0 Å². The molecule has 1 aromatic carbocycles. The van der Waals surface area contributed by atoms with Gasteiger partial charge in [0.1, 0.15) is 0 Å². The van der Waals surface area contributed by atoms with Gasteiger partial charge >= 0.3 is 0 Å². The fourth-order valence-corrected chi connectivity index (χ4v) is 2.68. The summed E-state index contributed by atoms with van der Waals surface area (Å²) in [5.74, 6) is -0.455. The Morgan fingerprint density at radius 3 is 2.14 bits per heavy atom. The lowest BCUT2D eigenvalue weighted by atomic mass is 10.0. The van der Waals surface area contributed by atoms with Gasteiger partial charge in [0.15, 0.2) is 0 Å². The number of piperidine rings is 1. The van der Waals surface area contributed by atoms with E-state index in [1.807, 2.05) is 4.90 Å². The van der Waals surface area contributed by atoms with Crippen molar-refractivity contribution in [2.75, 3.05) is 13.1 Å². The molecule has 1 fully saturated rings. The minimum absolute atomic E-state index is 0.0222. The third-order valence-corrected chi connectivity index (χ3v) is 3.77. The van der Waals surface area contributed by atoms with E-state index in [1.54, 1.807) is 24.3 Å². The lowest BCUT2D eigenvalue weighted by Crippen LogP contribution is -2.46. The van der Waals surface area contributed by atoms with E-state index in [2.05, 4.69) is 19.2 Å². The quantitative estimate of drug-likeness (QED) is 0.879. The van der Waals surface area contributed by atoms with E-state index in [4.69, 9.17) is 5.73 Å². The number of benzene rings is 1. The van der Waals surface area contributed by atoms with Gasteiger partial charge < -0.3 is 16.0 Å². The predicted molar refractivity (Wildman–Crippen MR) is 82.2 cm³/mol. The lowest BCUT2D eigenvalue weighted by molar-refractivity contribution is 0.0702. The second-order valence-corrected chi connectivity index (χ2v) is 5.83. The van der Waals surface area contributed by atoms with Crippen LogP contribution < -0.4 is 11.1 Å². The van der Waals surface area contributed by atoms with Crippen LogP contribution in [0.5, 0.6) is 0 Å². The molecule has 0 aromatic heterocycles. The molecule has 0 atom stereocenters. The molecule has 1 aliphatic heterocycles. The standard InChI is InChI=1S/C16H23N3O2/c1-11(2)18-14-7-9-19(10-8-14)16(21)13-5-3-12(4-6-13)15(17)20/h3-6,11,14,18H,7-10H2,1-2H3,(H2,17,20). The van der Waals surface area contributed by atoms with Crippen molar-refractivity contribution in [3.63, 3.8) is 0 Å². The van der Waals surface area contributed by atoms with Crippen LogP contribution in [0.3, 0.4) is 0 Å². The Kier molecular flexibility index (Phi) is 4.96. The molecule has 0 spiro atoms. The number of likely N-dealkylation sites (tertiary alicyclic amines) is 1. The maximum atomic E-state index is 12.4. The van der Waals surface area contributed by atoms with Crippen LogP contribution in [0.1, 0.15) is 47.4 Å². The van der Waals surface area contributed by atoms with Gasteiger partial charge in [-0.15, -0.1) is 0 Å². The monoisotopic (exact) mass is 289 g/mol. The fourth-order valence-electron chi connectivity index (χ4n) is 2.68. The van der Waals surface area contributed by atoms with Gasteiger partial charge in [-0.05, 0) is 37.1 Å². The third kappa shape index (κ3) is 4.04. The van der Waals surface area contributed by atoms with E-state index in [0.717, 1.165) is 25.9 Å². The van der Waals surface area contributed by atoms with Crippen LogP contribution in [0.2, 0.25) is 0 Å². The Labute approximate surface area is 125 Å². The molecule has 0 bridgehead atoms. The number of primary amides is 1. The molecule has 1 heterocycles. The molecule has 0 radical (unpaired) electrons. The number of hydrogen-bond donors (Lipinski definition) is 2. The highest BCUT2D eigenvalue weighted by molar-refractivity contribution is 5.97. The molecular formula is C16H23N3O2. The van der Waals surface area contributed by atoms with Gasteiger partial charge in [0.2, 0.25) is 5.91 Å². The van der Waals surface area contributed by atoms with Gasteiger partial charge in [0, 0.05) is 36.3 Å². The average molecular weight is 289 g/mol. The lowest BCUT2D eigenvalue weighted by Gasteiger charge is -2.33. The summed E-state index contributed by atoms with van der Waals surface area (Å²) in [5, 5.41) is 3.51. The maximum absolute atomic E-state index is 12.4. The van der Waals surface area contributed by atoms with Crippen molar-refractivity contribution in [1.29, 1.82) is 0 Å². The van der Waals surface area contributed by atoms with Crippen molar-refractivity contribution >= 4 is 11.8 Å². The number of amides is 2. The van der Waals surface area contributed by atoms with Gasteiger partial charge in [0.25, 0.3) is 5.91 Å². The number of hydrogen-bond acceptors (Lipinski definition) is 3. The van der Waals surface area contributed by atoms with Crippen molar-refractivity contribution in [3.8, 4) is 0 Å². The SMILES string of the molecule is CC(C)NC1CCN(C(=O)c2ccc(C(N)=O)cc2)CC1. The summed E-state index contributed by atoms with van der Waals surface area (Å²) in [6.45, 7) is 5.80. The first-order chi connectivity index (χ1) is 9.97. The molecule has 1 saturated heterocycles. The van der Waals surface area contributed by atoms with E-state index in [9.17, 15) is 9.59 Å². The van der Waals surface area contributed by atoms with Crippen LogP contribution in [0.4, 0.5) is 0 Å². The van der Waals surface area contributed by atoms with Gasteiger partial charge in [-0.3, -0.25) is 9.59 Å². The van der Waals surface area contributed by atoms with E-state index in [1.165, 1.54) is 0 Å². The van der Waals surface area contributed by atoms with Gasteiger partial charge in [-0.1, -0.05) is 13.8 Å². The molecule has 114 valence electrons. The zero-order valence-electron chi connectivity index (χ0n) is 12.6. The second kappa shape index (κ2) is 6.72. The molecule has 5 heteroatoms. The van der Waals surface area contributed by atoms with Crippen molar-refractivity contribution in [1.82, 2.24) is 10.2 Å². The van der Waals surface area contributed by atoms with Crippen LogP contribution in [0.15, 0.2) is 24.3 Å². The largest absolute Gasteiger partial charge is 0.366 e. The molecule has 5 nitrogen and oxygen atoms in total. The Bertz CT molecular complexity index is 503. The van der Waals surface area contributed by atoms with Gasteiger partial charge in [0.05, 0.1) is 0 Å². The van der Waals surface area contributed by atoms with E-state index in [-0.39, 0.29) is 5.91 Å². The normalized spacial score (nSPS) is 16.2. The highest BCUT2D eigenvalue weighted by Gasteiger charge is 2.23. The Morgan fingerprint density at radius 2 is 1.67 bits per heavy atom. The molecule has 0 saturated carbocycles. The minimum atomic E-state index is -0.477.